The van der Waals surface area contributed by atoms with Crippen LogP contribution in [0.3, 0.4) is 0 Å². The fourth-order valence-corrected chi connectivity index (χ4v) is 5.57. The van der Waals surface area contributed by atoms with Crippen molar-refractivity contribution < 1.29 is 38.7 Å². The molecule has 1 rings (SSSR count). The van der Waals surface area contributed by atoms with Crippen LogP contribution in [0.25, 0.3) is 0 Å². The standard InChI is InChI=1S/C30H55N11O8S/c1-17(32)24(44)38-20(9-6-13-35-30(33)34)26(46)37-18(2)29(49)41-14-7-10-22(41)28(48)40-19(8-4-5-12-31)27(47)39-21(11-15-50-3)25(45)36-16-23(42)43/h17-22H,4-16,31-32H2,1-3H3,(H,36,45)(H,37,46)(H,38,44)(H,39,47)(H,40,48)(H,42,43)(H4,33,34,35)/t17-,18-,19-,20-,21-,22-/m0/s1. The smallest absolute Gasteiger partial charge is 0.322 e. The van der Waals surface area contributed by atoms with Gasteiger partial charge in [-0.1, -0.05) is 0 Å². The number of guanidine groups is 1. The molecule has 0 saturated carbocycles. The molecular weight excluding hydrogens is 674 g/mol. The van der Waals surface area contributed by atoms with Crippen molar-refractivity contribution >= 4 is 59.1 Å². The van der Waals surface area contributed by atoms with Crippen LogP contribution in [0.15, 0.2) is 4.99 Å². The molecule has 1 fully saturated rings. The van der Waals surface area contributed by atoms with Crippen LogP contribution in [0.2, 0.25) is 0 Å². The Kier molecular flexibility index (Phi) is 20.4. The molecule has 1 saturated heterocycles. The van der Waals surface area contributed by atoms with Crippen LogP contribution in [0.4, 0.5) is 0 Å². The van der Waals surface area contributed by atoms with E-state index in [-0.39, 0.29) is 38.3 Å². The quantitative estimate of drug-likeness (QED) is 0.0277. The molecule has 0 aromatic rings. The molecular formula is C30H55N11O8S. The molecule has 1 aliphatic rings. The van der Waals surface area contributed by atoms with Crippen LogP contribution in [-0.4, -0.2) is 132 Å². The van der Waals surface area contributed by atoms with Crippen LogP contribution in [-0.2, 0) is 33.6 Å². The van der Waals surface area contributed by atoms with E-state index in [0.717, 1.165) is 0 Å². The molecule has 19 nitrogen and oxygen atoms in total. The number of unbranched alkanes of at least 4 members (excludes halogenated alkanes) is 1. The van der Waals surface area contributed by atoms with Crippen LogP contribution >= 0.6 is 11.8 Å². The van der Waals surface area contributed by atoms with E-state index in [4.69, 9.17) is 28.0 Å². The number of rotatable bonds is 23. The number of hydrogen-bond acceptors (Lipinski definition) is 11. The highest BCUT2D eigenvalue weighted by Gasteiger charge is 2.38. The van der Waals surface area contributed by atoms with E-state index in [0.29, 0.717) is 44.4 Å². The lowest BCUT2D eigenvalue weighted by Gasteiger charge is -2.30. The summed E-state index contributed by atoms with van der Waals surface area (Å²) < 4.78 is 0. The Morgan fingerprint density at radius 3 is 2.06 bits per heavy atom. The lowest BCUT2D eigenvalue weighted by atomic mass is 10.1. The van der Waals surface area contributed by atoms with Crippen molar-refractivity contribution in [3.05, 3.63) is 0 Å². The van der Waals surface area contributed by atoms with Gasteiger partial charge in [0.15, 0.2) is 5.96 Å². The van der Waals surface area contributed by atoms with E-state index >= 15 is 0 Å². The van der Waals surface area contributed by atoms with Gasteiger partial charge in [-0.2, -0.15) is 11.8 Å². The highest BCUT2D eigenvalue weighted by Crippen LogP contribution is 2.19. The number of nitrogens with two attached hydrogens (primary N) is 4. The van der Waals surface area contributed by atoms with Crippen LogP contribution in [0.1, 0.15) is 65.2 Å². The Labute approximate surface area is 296 Å². The minimum Gasteiger partial charge on any atom is -0.480 e. The monoisotopic (exact) mass is 729 g/mol. The number of hydrogen-bond donors (Lipinski definition) is 10. The van der Waals surface area contributed by atoms with Gasteiger partial charge in [-0.3, -0.25) is 38.6 Å². The lowest BCUT2D eigenvalue weighted by molar-refractivity contribution is -0.142. The normalized spacial score (nSPS) is 16.9. The SMILES string of the molecule is CSCC[C@H](NC(=O)[C@H](CCCCN)NC(=O)[C@@H]1CCCN1C(=O)[C@H](C)NC(=O)[C@H](CCCN=C(N)N)NC(=O)[C@H](C)N)C(=O)NCC(=O)O. The molecule has 0 unspecified atom stereocenters. The average molecular weight is 730 g/mol. The summed E-state index contributed by atoms with van der Waals surface area (Å²) in [5.74, 6) is -4.48. The molecule has 6 atom stereocenters. The number of thioether (sulfide) groups is 1. The third kappa shape index (κ3) is 16.0. The molecule has 0 bridgehead atoms. The van der Waals surface area contributed by atoms with Crippen molar-refractivity contribution in [1.29, 1.82) is 0 Å². The summed E-state index contributed by atoms with van der Waals surface area (Å²) in [7, 11) is 0. The molecule has 284 valence electrons. The highest BCUT2D eigenvalue weighted by molar-refractivity contribution is 7.98. The molecule has 1 aliphatic heterocycles. The number of nitrogens with zero attached hydrogens (tertiary/aromatic N) is 2. The first-order valence-electron chi connectivity index (χ1n) is 16.6. The maximum absolute atomic E-state index is 13.6. The van der Waals surface area contributed by atoms with Gasteiger partial charge in [0, 0.05) is 13.1 Å². The molecule has 6 amide bonds. The van der Waals surface area contributed by atoms with Gasteiger partial charge in [0.1, 0.15) is 36.8 Å². The summed E-state index contributed by atoms with van der Waals surface area (Å²) in [5, 5.41) is 21.8. The fraction of sp³-hybridized carbons (Fsp3) is 0.733. The molecule has 0 spiro atoms. The summed E-state index contributed by atoms with van der Waals surface area (Å²) in [6, 6.07) is -6.04. The van der Waals surface area contributed by atoms with Crippen molar-refractivity contribution in [2.45, 2.75) is 101 Å². The first-order valence-corrected chi connectivity index (χ1v) is 18.0. The second kappa shape index (κ2) is 23.3. The van der Waals surface area contributed by atoms with Crippen molar-refractivity contribution in [3.63, 3.8) is 0 Å². The Balaban J connectivity index is 3.04. The molecule has 50 heavy (non-hydrogen) atoms. The molecule has 0 aromatic carbocycles. The number of aliphatic carboxylic acids is 1. The summed E-state index contributed by atoms with van der Waals surface area (Å²) in [4.78, 5) is 94.8. The maximum Gasteiger partial charge on any atom is 0.322 e. The van der Waals surface area contributed by atoms with Crippen LogP contribution in [0.5, 0.6) is 0 Å². The van der Waals surface area contributed by atoms with Crippen molar-refractivity contribution in [2.75, 3.05) is 38.2 Å². The molecule has 14 N–H and O–H groups in total. The number of aliphatic imine (C=N–C) groups is 1. The molecule has 20 heteroatoms. The van der Waals surface area contributed by atoms with E-state index in [9.17, 15) is 33.6 Å². The number of likely N-dealkylation sites (tertiary alicyclic amines) is 1. The van der Waals surface area contributed by atoms with E-state index in [1.54, 1.807) is 0 Å². The molecule has 0 radical (unpaired) electrons. The zero-order valence-corrected chi connectivity index (χ0v) is 29.9. The van der Waals surface area contributed by atoms with E-state index in [2.05, 4.69) is 31.6 Å². The van der Waals surface area contributed by atoms with Crippen molar-refractivity contribution in [1.82, 2.24) is 31.5 Å². The number of carbonyl (C=O) groups excluding carboxylic acids is 6. The van der Waals surface area contributed by atoms with Crippen molar-refractivity contribution in [2.24, 2.45) is 27.9 Å². The number of amides is 6. The highest BCUT2D eigenvalue weighted by atomic mass is 32.2. The topological polar surface area (TPSA) is 320 Å². The summed E-state index contributed by atoms with van der Waals surface area (Å²) >= 11 is 1.44. The zero-order valence-electron chi connectivity index (χ0n) is 29.1. The van der Waals surface area contributed by atoms with Gasteiger partial charge in [-0.05, 0) is 83.8 Å². The van der Waals surface area contributed by atoms with E-state index in [1.807, 2.05) is 6.26 Å². The Morgan fingerprint density at radius 2 is 1.46 bits per heavy atom. The third-order valence-electron chi connectivity index (χ3n) is 7.80. The summed E-state index contributed by atoms with van der Waals surface area (Å²) in [5.41, 5.74) is 22.0. The maximum atomic E-state index is 13.6. The Bertz CT molecular complexity index is 1200. The predicted octanol–water partition coefficient (Wildman–Crippen LogP) is -3.58. The molecule has 0 aliphatic carbocycles. The van der Waals surface area contributed by atoms with Gasteiger partial charge < -0.3 is 59.5 Å². The summed E-state index contributed by atoms with van der Waals surface area (Å²) in [6.45, 7) is 3.10. The van der Waals surface area contributed by atoms with E-state index < -0.39 is 84.2 Å². The summed E-state index contributed by atoms with van der Waals surface area (Å²) in [6.07, 6.45) is 4.60. The van der Waals surface area contributed by atoms with Gasteiger partial charge in [0.2, 0.25) is 35.4 Å². The second-order valence-electron chi connectivity index (χ2n) is 12.0. The second-order valence-corrected chi connectivity index (χ2v) is 13.0. The predicted molar refractivity (Wildman–Crippen MR) is 188 cm³/mol. The van der Waals surface area contributed by atoms with Crippen LogP contribution in [0, 0.1) is 0 Å². The minimum absolute atomic E-state index is 0.118. The largest absolute Gasteiger partial charge is 0.480 e. The van der Waals surface area contributed by atoms with Gasteiger partial charge >= 0.3 is 5.97 Å². The Hall–Kier alpha value is -4.17. The number of nitrogens with one attached hydrogen (secondary N) is 5. The first-order chi connectivity index (χ1) is 23.6. The van der Waals surface area contributed by atoms with Gasteiger partial charge in [-0.15, -0.1) is 0 Å². The molecule has 0 aromatic heterocycles. The minimum atomic E-state index is -1.24. The number of carboxylic acids is 1. The van der Waals surface area contributed by atoms with Gasteiger partial charge in [-0.25, -0.2) is 0 Å². The first kappa shape index (κ1) is 43.9. The fourth-order valence-electron chi connectivity index (χ4n) is 5.10. The third-order valence-corrected chi connectivity index (χ3v) is 8.44. The average Bonchev–Trinajstić information content (AvgIpc) is 3.55. The number of carbonyl (C=O) groups is 7. The van der Waals surface area contributed by atoms with Crippen LogP contribution < -0.4 is 49.5 Å². The van der Waals surface area contributed by atoms with Gasteiger partial charge in [0.25, 0.3) is 0 Å². The van der Waals surface area contributed by atoms with Crippen molar-refractivity contribution in [3.8, 4) is 0 Å². The zero-order chi connectivity index (χ0) is 37.8. The number of carboxylic acid groups (broad SMARTS) is 1. The Morgan fingerprint density at radius 1 is 0.860 bits per heavy atom. The molecule has 1 heterocycles. The van der Waals surface area contributed by atoms with E-state index in [1.165, 1.54) is 30.5 Å². The lowest BCUT2D eigenvalue weighted by Crippen LogP contribution is -2.58. The van der Waals surface area contributed by atoms with Gasteiger partial charge in [0.05, 0.1) is 6.04 Å².